The van der Waals surface area contributed by atoms with Crippen molar-refractivity contribution in [1.82, 2.24) is 4.90 Å². The normalized spacial score (nSPS) is 27.7. The number of hydrogen-bond acceptors (Lipinski definition) is 6. The van der Waals surface area contributed by atoms with E-state index in [1.54, 1.807) is 0 Å². The topological polar surface area (TPSA) is 66.5 Å². The highest BCUT2D eigenvalue weighted by Crippen LogP contribution is 2.45. The van der Waals surface area contributed by atoms with E-state index in [1.807, 2.05) is 18.7 Å². The zero-order chi connectivity index (χ0) is 22.6. The van der Waals surface area contributed by atoms with E-state index in [-0.39, 0.29) is 36.1 Å². The summed E-state index contributed by atoms with van der Waals surface area (Å²) >= 11 is 0. The number of carbonyl (C=O) groups is 1. The van der Waals surface area contributed by atoms with Gasteiger partial charge in [-0.05, 0) is 33.1 Å². The molecule has 2 heterocycles. The van der Waals surface area contributed by atoms with Crippen LogP contribution in [0.4, 0.5) is 0 Å². The third-order valence-electron chi connectivity index (χ3n) is 6.13. The minimum Gasteiger partial charge on any atom is -0.379 e. The molecule has 2 fully saturated rings. The van der Waals surface area contributed by atoms with Crippen LogP contribution in [0.5, 0.6) is 0 Å². The number of rotatable bonds is 18. The number of ether oxygens (including phenoxy) is 5. The molecule has 0 aliphatic carbocycles. The van der Waals surface area contributed by atoms with Crippen LogP contribution in [0.25, 0.3) is 0 Å². The maximum atomic E-state index is 13.3. The Morgan fingerprint density at radius 1 is 0.806 bits per heavy atom. The molecule has 7 nitrogen and oxygen atoms in total. The number of amides is 1. The van der Waals surface area contributed by atoms with Gasteiger partial charge >= 0.3 is 0 Å². The molecule has 0 saturated carbocycles. The van der Waals surface area contributed by atoms with Crippen molar-refractivity contribution >= 4 is 5.91 Å². The molecule has 0 aromatic rings. The van der Waals surface area contributed by atoms with Crippen molar-refractivity contribution in [2.45, 2.75) is 104 Å². The fraction of sp³-hybridized carbons (Fsp3) is 0.958. The first-order valence-corrected chi connectivity index (χ1v) is 12.5. The van der Waals surface area contributed by atoms with Gasteiger partial charge < -0.3 is 28.6 Å². The van der Waals surface area contributed by atoms with Gasteiger partial charge in [-0.2, -0.15) is 0 Å². The van der Waals surface area contributed by atoms with Crippen LogP contribution < -0.4 is 0 Å². The summed E-state index contributed by atoms with van der Waals surface area (Å²) < 4.78 is 30.3. The Kier molecular flexibility index (Phi) is 12.3. The van der Waals surface area contributed by atoms with Gasteiger partial charge in [0.2, 0.25) is 5.91 Å². The Balaban J connectivity index is 2.22. The highest BCUT2D eigenvalue weighted by molar-refractivity contribution is 5.88. The van der Waals surface area contributed by atoms with E-state index in [0.717, 1.165) is 38.5 Å². The standard InChI is InChI=1S/C24H45NO6/c1-6-11-14-27-17-18-21(30-15-12-7-2)22(31-16-13-8-3)20-19(23(26)25(18)20)24(28-9-4)29-10-5/h18-22,24H,6-17H2,1-5H3/t18-,19+,20+,21+,22+/m1/s1. The molecule has 0 aromatic carbocycles. The number of β-lactam (4-membered cyclic amide) rings is 1. The first-order chi connectivity index (χ1) is 15.2. The van der Waals surface area contributed by atoms with E-state index < -0.39 is 6.29 Å². The van der Waals surface area contributed by atoms with Gasteiger partial charge in [-0.3, -0.25) is 4.79 Å². The van der Waals surface area contributed by atoms with Crippen molar-refractivity contribution in [3.05, 3.63) is 0 Å². The van der Waals surface area contributed by atoms with Crippen molar-refractivity contribution in [3.8, 4) is 0 Å². The second-order valence-corrected chi connectivity index (χ2v) is 8.41. The Labute approximate surface area is 189 Å². The van der Waals surface area contributed by atoms with Crippen LogP contribution in [0, 0.1) is 5.92 Å². The molecule has 1 amide bonds. The molecule has 0 spiro atoms. The second kappa shape index (κ2) is 14.4. The van der Waals surface area contributed by atoms with E-state index >= 15 is 0 Å². The fourth-order valence-electron chi connectivity index (χ4n) is 4.49. The van der Waals surface area contributed by atoms with Gasteiger partial charge in [0.25, 0.3) is 0 Å². The maximum absolute atomic E-state index is 13.3. The lowest BCUT2D eigenvalue weighted by atomic mass is 9.85. The molecule has 5 atom stereocenters. The Bertz CT molecular complexity index is 498. The van der Waals surface area contributed by atoms with Crippen LogP contribution >= 0.6 is 0 Å². The van der Waals surface area contributed by atoms with Crippen molar-refractivity contribution < 1.29 is 28.5 Å². The number of fused-ring (bicyclic) bond motifs is 1. The summed E-state index contributed by atoms with van der Waals surface area (Å²) in [5.74, 6) is -0.295. The third-order valence-corrected chi connectivity index (χ3v) is 6.13. The fourth-order valence-corrected chi connectivity index (χ4v) is 4.49. The second-order valence-electron chi connectivity index (χ2n) is 8.41. The highest BCUT2D eigenvalue weighted by Gasteiger charge is 2.66. The number of nitrogens with zero attached hydrogens (tertiary/aromatic N) is 1. The Hall–Kier alpha value is -0.730. The minimum absolute atomic E-state index is 0.0617. The molecule has 2 rings (SSSR count). The Morgan fingerprint density at radius 2 is 1.35 bits per heavy atom. The van der Waals surface area contributed by atoms with Gasteiger partial charge in [-0.15, -0.1) is 0 Å². The van der Waals surface area contributed by atoms with Gasteiger partial charge in [0.1, 0.15) is 18.1 Å². The average molecular weight is 444 g/mol. The smallest absolute Gasteiger partial charge is 0.233 e. The summed E-state index contributed by atoms with van der Waals surface area (Å²) in [7, 11) is 0. The summed E-state index contributed by atoms with van der Waals surface area (Å²) in [6.07, 6.45) is 5.29. The largest absolute Gasteiger partial charge is 0.379 e. The van der Waals surface area contributed by atoms with Crippen LogP contribution in [0.1, 0.15) is 73.1 Å². The van der Waals surface area contributed by atoms with Gasteiger partial charge in [-0.25, -0.2) is 0 Å². The lowest BCUT2D eigenvalue weighted by Gasteiger charge is -2.48. The first-order valence-electron chi connectivity index (χ1n) is 12.5. The van der Waals surface area contributed by atoms with Crippen LogP contribution in [0.3, 0.4) is 0 Å². The van der Waals surface area contributed by atoms with Crippen molar-refractivity contribution in [2.75, 3.05) is 39.6 Å². The van der Waals surface area contributed by atoms with Crippen LogP contribution in [0.2, 0.25) is 0 Å². The van der Waals surface area contributed by atoms with Gasteiger partial charge in [0.15, 0.2) is 6.29 Å². The molecule has 2 aliphatic heterocycles. The van der Waals surface area contributed by atoms with Gasteiger partial charge in [0.05, 0.1) is 18.7 Å². The highest BCUT2D eigenvalue weighted by atomic mass is 16.7. The van der Waals surface area contributed by atoms with E-state index in [1.165, 1.54) is 0 Å². The average Bonchev–Trinajstić information content (AvgIpc) is 3.01. The molecule has 2 aliphatic rings. The monoisotopic (exact) mass is 443 g/mol. The summed E-state index contributed by atoms with van der Waals surface area (Å²) in [5, 5.41) is 0. The first kappa shape index (κ1) is 26.5. The Morgan fingerprint density at radius 3 is 1.90 bits per heavy atom. The van der Waals surface area contributed by atoms with E-state index in [2.05, 4.69) is 20.8 Å². The predicted octanol–water partition coefficient (Wildman–Crippen LogP) is 3.78. The molecular weight excluding hydrogens is 398 g/mol. The van der Waals surface area contributed by atoms with Gasteiger partial charge in [0, 0.05) is 33.0 Å². The molecular formula is C24H45NO6. The summed E-state index contributed by atoms with van der Waals surface area (Å²) in [5.41, 5.74) is 0. The summed E-state index contributed by atoms with van der Waals surface area (Å²) in [6, 6.07) is -0.225. The minimum atomic E-state index is -0.544. The molecule has 0 radical (unpaired) electrons. The SMILES string of the molecule is CCCCOC[C@@H]1[C@H](OCCCC)[C@@H](OCCCC)[C@@H]2[C@H](C(OCC)OCC)C(=O)N21. The summed E-state index contributed by atoms with van der Waals surface area (Å²) in [4.78, 5) is 15.2. The molecule has 0 unspecified atom stereocenters. The lowest BCUT2D eigenvalue weighted by Crippen LogP contribution is -2.67. The van der Waals surface area contributed by atoms with Crippen molar-refractivity contribution in [3.63, 3.8) is 0 Å². The third kappa shape index (κ3) is 6.64. The zero-order valence-electron chi connectivity index (χ0n) is 20.3. The van der Waals surface area contributed by atoms with E-state index in [9.17, 15) is 4.79 Å². The molecule has 7 heteroatoms. The van der Waals surface area contributed by atoms with E-state index in [4.69, 9.17) is 23.7 Å². The van der Waals surface area contributed by atoms with Gasteiger partial charge in [-0.1, -0.05) is 40.0 Å². The van der Waals surface area contributed by atoms with Crippen molar-refractivity contribution in [2.24, 2.45) is 5.92 Å². The zero-order valence-corrected chi connectivity index (χ0v) is 20.3. The molecule has 2 saturated heterocycles. The molecule has 0 bridgehead atoms. The quantitative estimate of drug-likeness (QED) is 0.182. The number of carbonyl (C=O) groups excluding carboxylic acids is 1. The molecule has 0 N–H and O–H groups in total. The number of unbranched alkanes of at least 4 members (excludes halogenated alkanes) is 3. The molecule has 0 aromatic heterocycles. The molecule has 31 heavy (non-hydrogen) atoms. The predicted molar refractivity (Wildman–Crippen MR) is 120 cm³/mol. The van der Waals surface area contributed by atoms with E-state index in [0.29, 0.717) is 39.6 Å². The van der Waals surface area contributed by atoms with Crippen LogP contribution in [-0.4, -0.2) is 81.0 Å². The summed E-state index contributed by atoms with van der Waals surface area (Å²) in [6.45, 7) is 13.8. The lowest BCUT2D eigenvalue weighted by molar-refractivity contribution is -0.220. The molecule has 182 valence electrons. The van der Waals surface area contributed by atoms with Crippen LogP contribution in [0.15, 0.2) is 0 Å². The van der Waals surface area contributed by atoms with Crippen LogP contribution in [-0.2, 0) is 28.5 Å². The van der Waals surface area contributed by atoms with Crippen molar-refractivity contribution in [1.29, 1.82) is 0 Å². The maximum Gasteiger partial charge on any atom is 0.233 e. The number of hydrogen-bond donors (Lipinski definition) is 0.